The van der Waals surface area contributed by atoms with Crippen molar-refractivity contribution in [1.29, 1.82) is 0 Å². The van der Waals surface area contributed by atoms with Gasteiger partial charge in [-0.3, -0.25) is 4.90 Å². The van der Waals surface area contributed by atoms with E-state index in [1.807, 2.05) is 6.20 Å². The summed E-state index contributed by atoms with van der Waals surface area (Å²) in [6, 6.07) is 4.29. The highest BCUT2D eigenvalue weighted by Gasteiger charge is 2.20. The average molecular weight is 291 g/mol. The zero-order valence-corrected chi connectivity index (χ0v) is 13.5. The standard InChI is InChI=1S/C17H29N3O/c1-3-8-18-17-12-15(7-9-19-17)13-20-10-5-6-16(14-20)21-11-4-2/h7,9,12,16H,3-6,8,10-11,13-14H2,1-2H3,(H,18,19). The predicted molar refractivity (Wildman–Crippen MR) is 87.6 cm³/mol. The molecule has 0 aromatic carbocycles. The molecule has 1 N–H and O–H groups in total. The van der Waals surface area contributed by atoms with E-state index in [4.69, 9.17) is 4.74 Å². The fourth-order valence-electron chi connectivity index (χ4n) is 2.76. The van der Waals surface area contributed by atoms with Crippen LogP contribution in [0.4, 0.5) is 5.82 Å². The van der Waals surface area contributed by atoms with Crippen LogP contribution in [0.25, 0.3) is 0 Å². The molecule has 0 aliphatic carbocycles. The Morgan fingerprint density at radius 1 is 1.38 bits per heavy atom. The van der Waals surface area contributed by atoms with Gasteiger partial charge in [0.2, 0.25) is 0 Å². The normalized spacial score (nSPS) is 19.6. The molecule has 0 bridgehead atoms. The Morgan fingerprint density at radius 3 is 3.10 bits per heavy atom. The molecule has 2 heterocycles. The van der Waals surface area contributed by atoms with Crippen LogP contribution in [0.1, 0.15) is 45.1 Å². The molecule has 0 spiro atoms. The Hall–Kier alpha value is -1.13. The predicted octanol–water partition coefficient (Wildman–Crippen LogP) is 3.29. The summed E-state index contributed by atoms with van der Waals surface area (Å²) < 4.78 is 5.91. The van der Waals surface area contributed by atoms with E-state index in [1.54, 1.807) is 0 Å². The van der Waals surface area contributed by atoms with E-state index < -0.39 is 0 Å². The van der Waals surface area contributed by atoms with E-state index in [0.717, 1.165) is 44.9 Å². The highest BCUT2D eigenvalue weighted by Crippen LogP contribution is 2.17. The number of nitrogens with one attached hydrogen (secondary N) is 1. The highest BCUT2D eigenvalue weighted by atomic mass is 16.5. The van der Waals surface area contributed by atoms with Gasteiger partial charge in [0.15, 0.2) is 0 Å². The molecule has 21 heavy (non-hydrogen) atoms. The summed E-state index contributed by atoms with van der Waals surface area (Å²) in [6.45, 7) is 9.43. The Labute approximate surface area is 128 Å². The number of anilines is 1. The first kappa shape index (κ1) is 16.2. The van der Waals surface area contributed by atoms with Crippen molar-refractivity contribution in [2.24, 2.45) is 0 Å². The zero-order valence-electron chi connectivity index (χ0n) is 13.5. The van der Waals surface area contributed by atoms with Crippen LogP contribution in [0, 0.1) is 0 Å². The zero-order chi connectivity index (χ0) is 14.9. The number of aromatic nitrogens is 1. The van der Waals surface area contributed by atoms with Gasteiger partial charge < -0.3 is 10.1 Å². The van der Waals surface area contributed by atoms with E-state index in [9.17, 15) is 0 Å². The molecule has 1 aromatic rings. The molecule has 1 aliphatic rings. The van der Waals surface area contributed by atoms with Crippen molar-refractivity contribution in [1.82, 2.24) is 9.88 Å². The minimum Gasteiger partial charge on any atom is -0.377 e. The molecule has 118 valence electrons. The third-order valence-corrected chi connectivity index (χ3v) is 3.81. The molecule has 4 heteroatoms. The number of piperidine rings is 1. The van der Waals surface area contributed by atoms with Gasteiger partial charge in [-0.05, 0) is 49.9 Å². The molecule has 1 atom stereocenters. The molecule has 0 saturated carbocycles. The van der Waals surface area contributed by atoms with E-state index in [2.05, 4.69) is 41.2 Å². The summed E-state index contributed by atoms with van der Waals surface area (Å²) in [5.74, 6) is 0.991. The van der Waals surface area contributed by atoms with Gasteiger partial charge in [0.05, 0.1) is 6.10 Å². The topological polar surface area (TPSA) is 37.4 Å². The summed E-state index contributed by atoms with van der Waals surface area (Å²) in [7, 11) is 0. The maximum Gasteiger partial charge on any atom is 0.126 e. The summed E-state index contributed by atoms with van der Waals surface area (Å²) >= 11 is 0. The quantitative estimate of drug-likeness (QED) is 0.797. The Balaban J connectivity index is 1.85. The van der Waals surface area contributed by atoms with Crippen LogP contribution >= 0.6 is 0 Å². The molecule has 0 amide bonds. The number of pyridine rings is 1. The first-order valence-corrected chi connectivity index (χ1v) is 8.34. The second-order valence-corrected chi connectivity index (χ2v) is 5.85. The first-order chi connectivity index (χ1) is 10.3. The smallest absolute Gasteiger partial charge is 0.126 e. The van der Waals surface area contributed by atoms with Crippen molar-refractivity contribution in [3.8, 4) is 0 Å². The number of rotatable bonds is 8. The Morgan fingerprint density at radius 2 is 2.29 bits per heavy atom. The van der Waals surface area contributed by atoms with Gasteiger partial charge in [-0.25, -0.2) is 4.98 Å². The minimum atomic E-state index is 0.415. The molecule has 1 unspecified atom stereocenters. The van der Waals surface area contributed by atoms with Crippen LogP contribution in [-0.2, 0) is 11.3 Å². The number of likely N-dealkylation sites (tertiary alicyclic amines) is 1. The van der Waals surface area contributed by atoms with Crippen molar-refractivity contribution in [2.45, 2.75) is 52.2 Å². The molecule has 0 radical (unpaired) electrons. The van der Waals surface area contributed by atoms with Gasteiger partial charge in [-0.2, -0.15) is 0 Å². The van der Waals surface area contributed by atoms with Crippen molar-refractivity contribution < 1.29 is 4.74 Å². The molecule has 1 aliphatic heterocycles. The largest absolute Gasteiger partial charge is 0.377 e. The van der Waals surface area contributed by atoms with Crippen LogP contribution < -0.4 is 5.32 Å². The van der Waals surface area contributed by atoms with Gasteiger partial charge in [0.1, 0.15) is 5.82 Å². The summed E-state index contributed by atoms with van der Waals surface area (Å²) in [4.78, 5) is 6.87. The number of hydrogen-bond donors (Lipinski definition) is 1. The van der Waals surface area contributed by atoms with E-state index >= 15 is 0 Å². The monoisotopic (exact) mass is 291 g/mol. The number of ether oxygens (including phenoxy) is 1. The van der Waals surface area contributed by atoms with E-state index in [0.29, 0.717) is 6.10 Å². The third-order valence-electron chi connectivity index (χ3n) is 3.81. The van der Waals surface area contributed by atoms with Gasteiger partial charge >= 0.3 is 0 Å². The Bertz CT molecular complexity index is 411. The lowest BCUT2D eigenvalue weighted by molar-refractivity contribution is -0.00222. The lowest BCUT2D eigenvalue weighted by atomic mass is 10.1. The third kappa shape index (κ3) is 5.64. The Kier molecular flexibility index (Phi) is 6.96. The number of hydrogen-bond acceptors (Lipinski definition) is 4. The van der Waals surface area contributed by atoms with Crippen molar-refractivity contribution in [3.05, 3.63) is 23.9 Å². The van der Waals surface area contributed by atoms with Crippen LogP contribution in [-0.4, -0.2) is 42.2 Å². The van der Waals surface area contributed by atoms with Crippen molar-refractivity contribution in [3.63, 3.8) is 0 Å². The molecular weight excluding hydrogens is 262 g/mol. The maximum absolute atomic E-state index is 5.91. The second-order valence-electron chi connectivity index (χ2n) is 5.85. The molecule has 2 rings (SSSR count). The second kappa shape index (κ2) is 9.00. The summed E-state index contributed by atoms with van der Waals surface area (Å²) in [5, 5.41) is 3.35. The minimum absolute atomic E-state index is 0.415. The maximum atomic E-state index is 5.91. The van der Waals surface area contributed by atoms with Crippen LogP contribution in [0.3, 0.4) is 0 Å². The fraction of sp³-hybridized carbons (Fsp3) is 0.706. The van der Waals surface area contributed by atoms with Crippen LogP contribution in [0.2, 0.25) is 0 Å². The van der Waals surface area contributed by atoms with E-state index in [-0.39, 0.29) is 0 Å². The van der Waals surface area contributed by atoms with Crippen LogP contribution in [0.15, 0.2) is 18.3 Å². The average Bonchev–Trinajstić information content (AvgIpc) is 2.52. The molecule has 1 saturated heterocycles. The van der Waals surface area contributed by atoms with E-state index in [1.165, 1.54) is 24.9 Å². The lowest BCUT2D eigenvalue weighted by Gasteiger charge is -2.32. The van der Waals surface area contributed by atoms with Crippen molar-refractivity contribution in [2.75, 3.05) is 31.6 Å². The lowest BCUT2D eigenvalue weighted by Crippen LogP contribution is -2.39. The SMILES string of the molecule is CCCNc1cc(CN2CCCC(OCCC)C2)ccn1. The van der Waals surface area contributed by atoms with Gasteiger partial charge in [-0.15, -0.1) is 0 Å². The highest BCUT2D eigenvalue weighted by molar-refractivity contribution is 5.37. The van der Waals surface area contributed by atoms with Gasteiger partial charge in [-0.1, -0.05) is 13.8 Å². The number of nitrogens with zero attached hydrogens (tertiary/aromatic N) is 2. The van der Waals surface area contributed by atoms with Gasteiger partial charge in [0, 0.05) is 32.4 Å². The van der Waals surface area contributed by atoms with Crippen molar-refractivity contribution >= 4 is 5.82 Å². The molecule has 1 fully saturated rings. The molecule has 4 nitrogen and oxygen atoms in total. The molecular formula is C17H29N3O. The first-order valence-electron chi connectivity index (χ1n) is 8.34. The summed E-state index contributed by atoms with van der Waals surface area (Å²) in [6.07, 6.45) is 6.99. The fourth-order valence-corrected chi connectivity index (χ4v) is 2.76. The summed E-state index contributed by atoms with van der Waals surface area (Å²) in [5.41, 5.74) is 1.33. The molecule has 1 aromatic heterocycles. The van der Waals surface area contributed by atoms with Gasteiger partial charge in [0.25, 0.3) is 0 Å². The van der Waals surface area contributed by atoms with Crippen LogP contribution in [0.5, 0.6) is 0 Å².